The van der Waals surface area contributed by atoms with Gasteiger partial charge >= 0.3 is 0 Å². The van der Waals surface area contributed by atoms with Crippen molar-refractivity contribution in [2.24, 2.45) is 0 Å². The number of thiophene rings is 1. The van der Waals surface area contributed by atoms with Crippen molar-refractivity contribution < 1.29 is 8.42 Å². The molecule has 9 heteroatoms. The van der Waals surface area contributed by atoms with Crippen molar-refractivity contribution in [3.8, 4) is 0 Å². The number of benzene rings is 1. The highest BCUT2D eigenvalue weighted by atomic mass is 79.9. The quantitative estimate of drug-likeness (QED) is 0.663. The normalized spacial score (nSPS) is 11.6. The molecule has 0 amide bonds. The molecule has 1 heterocycles. The highest BCUT2D eigenvalue weighted by Gasteiger charge is 2.26. The minimum atomic E-state index is -3.80. The minimum absolute atomic E-state index is 0.0370. The topological polar surface area (TPSA) is 46.2 Å². The van der Waals surface area contributed by atoms with Gasteiger partial charge < -0.3 is 0 Å². The van der Waals surface area contributed by atoms with E-state index in [9.17, 15) is 8.42 Å². The Morgan fingerprint density at radius 3 is 2.45 bits per heavy atom. The van der Waals surface area contributed by atoms with Crippen LogP contribution in [-0.2, 0) is 10.0 Å². The first-order valence-electron chi connectivity index (χ1n) is 5.16. The average molecular weight is 433 g/mol. The number of thioether (sulfide) groups is 1. The number of hydrogen-bond donors (Lipinski definition) is 1. The van der Waals surface area contributed by atoms with Gasteiger partial charge in [0.15, 0.2) is 0 Å². The Morgan fingerprint density at radius 1 is 1.25 bits per heavy atom. The van der Waals surface area contributed by atoms with Gasteiger partial charge in [-0.15, -0.1) is 23.1 Å². The lowest BCUT2D eigenvalue weighted by Crippen LogP contribution is -2.13. The van der Waals surface area contributed by atoms with E-state index in [1.165, 1.54) is 11.8 Å². The van der Waals surface area contributed by atoms with Gasteiger partial charge in [0.25, 0.3) is 10.0 Å². The molecule has 0 atom stereocenters. The molecule has 20 heavy (non-hydrogen) atoms. The van der Waals surface area contributed by atoms with Crippen LogP contribution in [0.5, 0.6) is 0 Å². The highest BCUT2D eigenvalue weighted by molar-refractivity contribution is 9.10. The molecule has 0 aliphatic rings. The molecular formula is C11H8BrCl2NO2S3. The van der Waals surface area contributed by atoms with Gasteiger partial charge in [-0.25, -0.2) is 8.42 Å². The monoisotopic (exact) mass is 431 g/mol. The summed E-state index contributed by atoms with van der Waals surface area (Å²) in [6.07, 6.45) is 1.87. The molecule has 0 saturated heterocycles. The van der Waals surface area contributed by atoms with E-state index in [1.807, 2.05) is 18.4 Å². The van der Waals surface area contributed by atoms with E-state index in [0.29, 0.717) is 10.0 Å². The van der Waals surface area contributed by atoms with Crippen LogP contribution >= 0.6 is 62.2 Å². The number of sulfonamides is 1. The fourth-order valence-electron chi connectivity index (χ4n) is 1.49. The fraction of sp³-hybridized carbons (Fsp3) is 0.0909. The first-order chi connectivity index (χ1) is 9.36. The third kappa shape index (κ3) is 3.28. The Labute approximate surface area is 143 Å². The van der Waals surface area contributed by atoms with E-state index in [4.69, 9.17) is 23.2 Å². The second kappa shape index (κ2) is 6.46. The number of anilines is 1. The first kappa shape index (κ1) is 16.5. The van der Waals surface area contributed by atoms with Crippen molar-refractivity contribution in [3.63, 3.8) is 0 Å². The van der Waals surface area contributed by atoms with Gasteiger partial charge in [0.05, 0.1) is 10.2 Å². The van der Waals surface area contributed by atoms with E-state index in [2.05, 4.69) is 20.7 Å². The molecule has 3 nitrogen and oxygen atoms in total. The van der Waals surface area contributed by atoms with Gasteiger partial charge in [-0.1, -0.05) is 35.3 Å². The van der Waals surface area contributed by atoms with Crippen LogP contribution in [0.3, 0.4) is 0 Å². The summed E-state index contributed by atoms with van der Waals surface area (Å²) in [5.41, 5.74) is 0.505. The van der Waals surface area contributed by atoms with Gasteiger partial charge in [-0.05, 0) is 34.3 Å². The predicted octanol–water partition coefficient (Wildman–Crippen LogP) is 5.34. The molecule has 2 aromatic rings. The van der Waals surface area contributed by atoms with Gasteiger partial charge in [-0.2, -0.15) is 0 Å². The zero-order valence-corrected chi connectivity index (χ0v) is 15.5. The van der Waals surface area contributed by atoms with E-state index in [0.717, 1.165) is 16.2 Å². The first-order valence-corrected chi connectivity index (χ1v) is 10.2. The third-order valence-corrected chi connectivity index (χ3v) is 7.97. The van der Waals surface area contributed by atoms with Gasteiger partial charge in [0.1, 0.15) is 13.6 Å². The summed E-state index contributed by atoms with van der Waals surface area (Å²) in [5, 5.41) is 0. The van der Waals surface area contributed by atoms with Gasteiger partial charge in [0.2, 0.25) is 0 Å². The van der Waals surface area contributed by atoms with Gasteiger partial charge in [-0.3, -0.25) is 4.72 Å². The van der Waals surface area contributed by atoms with Crippen LogP contribution in [0, 0.1) is 0 Å². The van der Waals surface area contributed by atoms with E-state index >= 15 is 0 Å². The molecule has 0 unspecified atom stereocenters. The Bertz CT molecular complexity index is 746. The van der Waals surface area contributed by atoms with Crippen LogP contribution in [0.2, 0.25) is 8.67 Å². The number of hydrogen-bond acceptors (Lipinski definition) is 4. The van der Waals surface area contributed by atoms with Crippen LogP contribution < -0.4 is 4.72 Å². The molecule has 0 aliphatic carbocycles. The smallest absolute Gasteiger partial charge is 0.265 e. The molecular weight excluding hydrogens is 425 g/mol. The summed E-state index contributed by atoms with van der Waals surface area (Å²) in [6, 6.07) is 7.13. The molecule has 0 bridgehead atoms. The van der Waals surface area contributed by atoms with Crippen LogP contribution in [0.15, 0.2) is 38.5 Å². The maximum Gasteiger partial charge on any atom is 0.265 e. The summed E-state index contributed by atoms with van der Waals surface area (Å²) in [7, 11) is -3.80. The minimum Gasteiger partial charge on any atom is -0.278 e. The lowest BCUT2D eigenvalue weighted by atomic mass is 10.3. The lowest BCUT2D eigenvalue weighted by Gasteiger charge is -2.11. The van der Waals surface area contributed by atoms with Crippen LogP contribution in [0.4, 0.5) is 5.69 Å². The zero-order valence-electron chi connectivity index (χ0n) is 9.98. The van der Waals surface area contributed by atoms with Crippen molar-refractivity contribution in [1.82, 2.24) is 0 Å². The van der Waals surface area contributed by atoms with Crippen molar-refractivity contribution in [2.45, 2.75) is 9.79 Å². The van der Waals surface area contributed by atoms with Crippen molar-refractivity contribution in [2.75, 3.05) is 11.0 Å². The predicted molar refractivity (Wildman–Crippen MR) is 91.1 cm³/mol. The van der Waals surface area contributed by atoms with E-state index in [1.54, 1.807) is 12.1 Å². The summed E-state index contributed by atoms with van der Waals surface area (Å²) in [4.78, 5) is 0.787. The SMILES string of the molecule is CSc1ccccc1NS(=O)(=O)c1c(Cl)sc(Cl)c1Br. The van der Waals surface area contributed by atoms with Crippen LogP contribution in [-0.4, -0.2) is 14.7 Å². The number of para-hydroxylation sites is 1. The molecule has 0 fully saturated rings. The Morgan fingerprint density at radius 2 is 1.90 bits per heavy atom. The summed E-state index contributed by atoms with van der Waals surface area (Å²) >= 11 is 17.5. The molecule has 1 N–H and O–H groups in total. The van der Waals surface area contributed by atoms with Crippen molar-refractivity contribution in [3.05, 3.63) is 37.4 Å². The molecule has 1 aromatic heterocycles. The molecule has 0 radical (unpaired) electrons. The van der Waals surface area contributed by atoms with Crippen molar-refractivity contribution >= 4 is 77.9 Å². The maximum absolute atomic E-state index is 12.4. The van der Waals surface area contributed by atoms with Crippen LogP contribution in [0.25, 0.3) is 0 Å². The summed E-state index contributed by atoms with van der Waals surface area (Å²) in [5.74, 6) is 0. The Hall–Kier alpha value is 0.0800. The largest absolute Gasteiger partial charge is 0.278 e. The number of rotatable bonds is 4. The Kier molecular flexibility index (Phi) is 5.31. The number of halogens is 3. The molecule has 108 valence electrons. The standard InChI is InChI=1S/C11H8BrCl2NO2S3/c1-18-7-5-3-2-4-6(7)15-20(16,17)9-8(12)10(13)19-11(9)14/h2-5,15H,1H3. The molecule has 1 aromatic carbocycles. The van der Waals surface area contributed by atoms with Crippen molar-refractivity contribution in [1.29, 1.82) is 0 Å². The zero-order chi connectivity index (χ0) is 14.9. The average Bonchev–Trinajstić information content (AvgIpc) is 2.63. The van der Waals surface area contributed by atoms with E-state index in [-0.39, 0.29) is 13.7 Å². The lowest BCUT2D eigenvalue weighted by molar-refractivity contribution is 0.601. The second-order valence-corrected chi connectivity index (χ2v) is 9.08. The molecule has 2 rings (SSSR count). The maximum atomic E-state index is 12.4. The summed E-state index contributed by atoms with van der Waals surface area (Å²) in [6.45, 7) is 0. The second-order valence-electron chi connectivity index (χ2n) is 3.60. The third-order valence-electron chi connectivity index (χ3n) is 2.35. The molecule has 0 spiro atoms. The molecule has 0 aliphatic heterocycles. The molecule has 0 saturated carbocycles. The van der Waals surface area contributed by atoms with E-state index < -0.39 is 10.0 Å². The highest BCUT2D eigenvalue weighted by Crippen LogP contribution is 2.43. The number of nitrogens with one attached hydrogen (secondary N) is 1. The Balaban J connectivity index is 2.46. The fourth-order valence-corrected chi connectivity index (χ4v) is 6.75. The van der Waals surface area contributed by atoms with Gasteiger partial charge in [0, 0.05) is 4.90 Å². The summed E-state index contributed by atoms with van der Waals surface area (Å²) < 4.78 is 28.1. The van der Waals surface area contributed by atoms with Crippen LogP contribution in [0.1, 0.15) is 0 Å².